The second-order valence-corrected chi connectivity index (χ2v) is 5.17. The average molecular weight is 249 g/mol. The molecule has 0 aliphatic rings. The maximum absolute atomic E-state index is 5.59. The summed E-state index contributed by atoms with van der Waals surface area (Å²) in [5.41, 5.74) is 5.57. The Kier molecular flexibility index (Phi) is 3.15. The van der Waals surface area contributed by atoms with Crippen LogP contribution in [0.2, 0.25) is 0 Å². The molecule has 0 aromatic carbocycles. The van der Waals surface area contributed by atoms with Gasteiger partial charge in [0.1, 0.15) is 0 Å². The molecule has 1 aromatic rings. The van der Waals surface area contributed by atoms with Crippen molar-refractivity contribution in [2.75, 3.05) is 11.9 Å². The summed E-state index contributed by atoms with van der Waals surface area (Å²) in [5, 5.41) is 6.55. The van der Waals surface area contributed by atoms with Gasteiger partial charge in [-0.05, 0) is 35.8 Å². The molecule has 68 valence electrons. The molecule has 0 fully saturated rings. The lowest BCUT2D eigenvalue weighted by Crippen LogP contribution is -2.38. The summed E-state index contributed by atoms with van der Waals surface area (Å²) in [6.07, 6.45) is 0. The molecule has 2 nitrogen and oxygen atoms in total. The largest absolute Gasteiger partial charge is 0.371 e. The SMILES string of the molecule is CC(C)(CN)Nc1cc(Br)cs1. The van der Waals surface area contributed by atoms with E-state index in [-0.39, 0.29) is 5.54 Å². The van der Waals surface area contributed by atoms with Crippen LogP contribution in [0.1, 0.15) is 13.8 Å². The molecule has 0 bridgehead atoms. The number of rotatable bonds is 3. The summed E-state index contributed by atoms with van der Waals surface area (Å²) < 4.78 is 1.11. The first-order chi connectivity index (χ1) is 5.53. The number of nitrogens with two attached hydrogens (primary N) is 1. The lowest BCUT2D eigenvalue weighted by atomic mass is 10.1. The number of hydrogen-bond donors (Lipinski definition) is 2. The van der Waals surface area contributed by atoms with E-state index in [4.69, 9.17) is 5.73 Å². The highest BCUT2D eigenvalue weighted by Gasteiger charge is 2.15. The van der Waals surface area contributed by atoms with Gasteiger partial charge in [0.25, 0.3) is 0 Å². The molecule has 12 heavy (non-hydrogen) atoms. The first kappa shape index (κ1) is 10.0. The van der Waals surface area contributed by atoms with Crippen molar-refractivity contribution < 1.29 is 0 Å². The zero-order valence-corrected chi connectivity index (χ0v) is 9.63. The summed E-state index contributed by atoms with van der Waals surface area (Å²) >= 11 is 5.08. The summed E-state index contributed by atoms with van der Waals surface area (Å²) in [6, 6.07) is 2.06. The highest BCUT2D eigenvalue weighted by molar-refractivity contribution is 9.10. The Hall–Kier alpha value is -0.0600. The lowest BCUT2D eigenvalue weighted by molar-refractivity contribution is 0.582. The molecule has 0 amide bonds. The third-order valence-corrected chi connectivity index (χ3v) is 3.15. The van der Waals surface area contributed by atoms with Crippen LogP contribution in [0.25, 0.3) is 0 Å². The van der Waals surface area contributed by atoms with E-state index in [0.717, 1.165) is 9.47 Å². The fourth-order valence-corrected chi connectivity index (χ4v) is 2.26. The molecular formula is C8H13BrN2S. The van der Waals surface area contributed by atoms with Crippen LogP contribution in [0.3, 0.4) is 0 Å². The molecule has 0 aliphatic heterocycles. The fourth-order valence-electron chi connectivity index (χ4n) is 0.763. The molecule has 0 saturated heterocycles. The van der Waals surface area contributed by atoms with Crippen molar-refractivity contribution in [3.05, 3.63) is 15.9 Å². The molecule has 1 rings (SSSR count). The third kappa shape index (κ3) is 2.77. The number of halogens is 1. The molecule has 4 heteroatoms. The highest BCUT2D eigenvalue weighted by Crippen LogP contribution is 2.26. The van der Waals surface area contributed by atoms with Crippen molar-refractivity contribution >= 4 is 32.3 Å². The van der Waals surface area contributed by atoms with Crippen LogP contribution in [-0.2, 0) is 0 Å². The highest BCUT2D eigenvalue weighted by atomic mass is 79.9. The minimum absolute atomic E-state index is 0.0235. The number of hydrogen-bond acceptors (Lipinski definition) is 3. The van der Waals surface area contributed by atoms with Crippen molar-refractivity contribution in [2.45, 2.75) is 19.4 Å². The van der Waals surface area contributed by atoms with Crippen LogP contribution < -0.4 is 11.1 Å². The Bertz CT molecular complexity index is 257. The summed E-state index contributed by atoms with van der Waals surface area (Å²) in [7, 11) is 0. The second kappa shape index (κ2) is 3.77. The van der Waals surface area contributed by atoms with Gasteiger partial charge in [0.15, 0.2) is 0 Å². The van der Waals surface area contributed by atoms with Crippen LogP contribution >= 0.6 is 27.3 Å². The maximum Gasteiger partial charge on any atom is 0.0898 e. The normalized spacial score (nSPS) is 11.7. The van der Waals surface area contributed by atoms with Gasteiger partial charge in [0.2, 0.25) is 0 Å². The Morgan fingerprint density at radius 3 is 2.75 bits per heavy atom. The summed E-state index contributed by atoms with van der Waals surface area (Å²) in [5.74, 6) is 0. The standard InChI is InChI=1S/C8H13BrN2S/c1-8(2,5-10)11-7-3-6(9)4-12-7/h3-4,11H,5,10H2,1-2H3. The number of thiophene rings is 1. The minimum Gasteiger partial charge on any atom is -0.371 e. The predicted octanol–water partition coefficient (Wildman–Crippen LogP) is 2.66. The van der Waals surface area contributed by atoms with E-state index in [2.05, 4.69) is 46.5 Å². The van der Waals surface area contributed by atoms with Crippen LogP contribution in [0, 0.1) is 0 Å². The summed E-state index contributed by atoms with van der Waals surface area (Å²) in [6.45, 7) is 4.80. The Labute approximate surface area is 85.3 Å². The van der Waals surface area contributed by atoms with Crippen LogP contribution in [0.4, 0.5) is 5.00 Å². The second-order valence-electron chi connectivity index (χ2n) is 3.34. The van der Waals surface area contributed by atoms with Crippen LogP contribution in [0.15, 0.2) is 15.9 Å². The zero-order valence-electron chi connectivity index (χ0n) is 7.23. The summed E-state index contributed by atoms with van der Waals surface area (Å²) in [4.78, 5) is 0. The maximum atomic E-state index is 5.59. The van der Waals surface area contributed by atoms with E-state index in [1.165, 1.54) is 0 Å². The van der Waals surface area contributed by atoms with Gasteiger partial charge < -0.3 is 11.1 Å². The van der Waals surface area contributed by atoms with Gasteiger partial charge in [-0.25, -0.2) is 0 Å². The molecule has 0 aliphatic carbocycles. The Morgan fingerprint density at radius 1 is 1.67 bits per heavy atom. The number of nitrogens with one attached hydrogen (secondary N) is 1. The quantitative estimate of drug-likeness (QED) is 0.864. The molecule has 1 heterocycles. The van der Waals surface area contributed by atoms with Gasteiger partial charge in [-0.3, -0.25) is 0 Å². The monoisotopic (exact) mass is 248 g/mol. The topological polar surface area (TPSA) is 38.0 Å². The van der Waals surface area contributed by atoms with Gasteiger partial charge in [-0.15, -0.1) is 11.3 Å². The van der Waals surface area contributed by atoms with Gasteiger partial charge >= 0.3 is 0 Å². The van der Waals surface area contributed by atoms with Crippen molar-refractivity contribution in [1.82, 2.24) is 0 Å². The predicted molar refractivity (Wildman–Crippen MR) is 58.8 cm³/mol. The lowest BCUT2D eigenvalue weighted by Gasteiger charge is -2.24. The molecule has 1 aromatic heterocycles. The van der Waals surface area contributed by atoms with Crippen molar-refractivity contribution in [3.8, 4) is 0 Å². The van der Waals surface area contributed by atoms with Crippen LogP contribution in [0.5, 0.6) is 0 Å². The van der Waals surface area contributed by atoms with Gasteiger partial charge in [0.05, 0.1) is 5.00 Å². The Balaban J connectivity index is 2.63. The van der Waals surface area contributed by atoms with Crippen molar-refractivity contribution in [3.63, 3.8) is 0 Å². The minimum atomic E-state index is -0.0235. The van der Waals surface area contributed by atoms with Crippen molar-refractivity contribution in [2.24, 2.45) is 5.73 Å². The van der Waals surface area contributed by atoms with Crippen LogP contribution in [-0.4, -0.2) is 12.1 Å². The fraction of sp³-hybridized carbons (Fsp3) is 0.500. The molecule has 0 spiro atoms. The van der Waals surface area contributed by atoms with Gasteiger partial charge in [0, 0.05) is 21.9 Å². The first-order valence-corrected chi connectivity index (χ1v) is 5.43. The molecular weight excluding hydrogens is 236 g/mol. The molecule has 0 atom stereocenters. The van der Waals surface area contributed by atoms with Gasteiger partial charge in [-0.1, -0.05) is 0 Å². The number of anilines is 1. The van der Waals surface area contributed by atoms with E-state index in [1.807, 2.05) is 0 Å². The van der Waals surface area contributed by atoms with E-state index in [9.17, 15) is 0 Å². The van der Waals surface area contributed by atoms with Crippen molar-refractivity contribution in [1.29, 1.82) is 0 Å². The zero-order chi connectivity index (χ0) is 9.19. The average Bonchev–Trinajstić information content (AvgIpc) is 2.35. The van der Waals surface area contributed by atoms with E-state index in [0.29, 0.717) is 6.54 Å². The van der Waals surface area contributed by atoms with Gasteiger partial charge in [-0.2, -0.15) is 0 Å². The molecule has 0 radical (unpaired) electrons. The van der Waals surface area contributed by atoms with E-state index >= 15 is 0 Å². The smallest absolute Gasteiger partial charge is 0.0898 e. The third-order valence-electron chi connectivity index (χ3n) is 1.54. The Morgan fingerprint density at radius 2 is 2.33 bits per heavy atom. The van der Waals surface area contributed by atoms with E-state index < -0.39 is 0 Å². The molecule has 0 unspecified atom stereocenters. The molecule has 3 N–H and O–H groups in total. The molecule has 0 saturated carbocycles. The van der Waals surface area contributed by atoms with E-state index in [1.54, 1.807) is 11.3 Å². The first-order valence-electron chi connectivity index (χ1n) is 3.76.